The van der Waals surface area contributed by atoms with Gasteiger partial charge >= 0.3 is 0 Å². The number of aryl methyl sites for hydroxylation is 1. The largest absolute Gasteiger partial charge is 0.368 e. The summed E-state index contributed by atoms with van der Waals surface area (Å²) in [5.74, 6) is 0.129. The second-order valence-corrected chi connectivity index (χ2v) is 5.41. The van der Waals surface area contributed by atoms with E-state index >= 15 is 0 Å². The van der Waals surface area contributed by atoms with Gasteiger partial charge in [0.25, 0.3) is 0 Å². The lowest BCUT2D eigenvalue weighted by atomic mass is 9.83. The van der Waals surface area contributed by atoms with Crippen molar-refractivity contribution in [1.82, 2.24) is 15.1 Å². The molecule has 0 bridgehead atoms. The van der Waals surface area contributed by atoms with Crippen LogP contribution >= 0.6 is 0 Å². The number of primary amides is 1. The summed E-state index contributed by atoms with van der Waals surface area (Å²) < 4.78 is 1.92. The van der Waals surface area contributed by atoms with Gasteiger partial charge in [0, 0.05) is 18.9 Å². The maximum Gasteiger partial charge on any atom is 0.238 e. The highest BCUT2D eigenvalue weighted by atomic mass is 16.1. The number of carbonyl (C=O) groups is 1. The van der Waals surface area contributed by atoms with Gasteiger partial charge in [-0.1, -0.05) is 13.3 Å². The Hall–Kier alpha value is -1.36. The van der Waals surface area contributed by atoms with Crippen LogP contribution in [0.4, 0.5) is 0 Å². The van der Waals surface area contributed by atoms with Gasteiger partial charge in [0.2, 0.25) is 5.91 Å². The van der Waals surface area contributed by atoms with Gasteiger partial charge in [-0.3, -0.25) is 9.48 Å². The van der Waals surface area contributed by atoms with Gasteiger partial charge in [-0.25, -0.2) is 0 Å². The van der Waals surface area contributed by atoms with Gasteiger partial charge in [-0.2, -0.15) is 5.10 Å². The third-order valence-corrected chi connectivity index (χ3v) is 4.22. The first kappa shape index (κ1) is 14.1. The normalized spacial score (nSPS) is 26.7. The summed E-state index contributed by atoms with van der Waals surface area (Å²) in [6.07, 6.45) is 8.71. The minimum Gasteiger partial charge on any atom is -0.368 e. The van der Waals surface area contributed by atoms with E-state index in [2.05, 4.69) is 17.3 Å². The summed E-state index contributed by atoms with van der Waals surface area (Å²) in [7, 11) is 0. The van der Waals surface area contributed by atoms with Crippen molar-refractivity contribution in [3.05, 3.63) is 18.5 Å². The number of hydrogen-bond donors (Lipinski definition) is 2. The monoisotopic (exact) mass is 264 g/mol. The third-order valence-electron chi connectivity index (χ3n) is 4.22. The quantitative estimate of drug-likeness (QED) is 0.779. The molecule has 3 N–H and O–H groups in total. The number of hydrogen-bond acceptors (Lipinski definition) is 3. The second kappa shape index (κ2) is 6.19. The van der Waals surface area contributed by atoms with Crippen molar-refractivity contribution in [3.8, 4) is 0 Å². The number of nitrogens with one attached hydrogen (secondary N) is 1. The van der Waals surface area contributed by atoms with E-state index in [0.717, 1.165) is 45.2 Å². The van der Waals surface area contributed by atoms with Crippen LogP contribution in [0.15, 0.2) is 18.5 Å². The van der Waals surface area contributed by atoms with E-state index in [1.165, 1.54) is 0 Å². The molecule has 2 rings (SSSR count). The number of rotatable bonds is 7. The molecule has 0 aliphatic heterocycles. The average molecular weight is 264 g/mol. The highest BCUT2D eigenvalue weighted by Crippen LogP contribution is 2.38. The van der Waals surface area contributed by atoms with Crippen LogP contribution in [0.2, 0.25) is 0 Å². The molecule has 0 spiro atoms. The van der Waals surface area contributed by atoms with Crippen LogP contribution in [-0.4, -0.2) is 27.8 Å². The van der Waals surface area contributed by atoms with Crippen LogP contribution < -0.4 is 11.1 Å². The lowest BCUT2D eigenvalue weighted by molar-refractivity contribution is -0.126. The van der Waals surface area contributed by atoms with Crippen LogP contribution in [-0.2, 0) is 11.3 Å². The van der Waals surface area contributed by atoms with Crippen LogP contribution in [0, 0.1) is 5.92 Å². The first-order valence-corrected chi connectivity index (χ1v) is 7.21. The first-order valence-electron chi connectivity index (χ1n) is 7.21. The number of nitrogens with two attached hydrogens (primary N) is 1. The molecule has 1 aromatic heterocycles. The fraction of sp³-hybridized carbons (Fsp3) is 0.714. The summed E-state index contributed by atoms with van der Waals surface area (Å²) in [5, 5.41) is 7.63. The van der Waals surface area contributed by atoms with Gasteiger partial charge in [0.15, 0.2) is 0 Å². The molecule has 5 nitrogen and oxygen atoms in total. The van der Waals surface area contributed by atoms with E-state index in [4.69, 9.17) is 5.73 Å². The zero-order valence-electron chi connectivity index (χ0n) is 11.6. The van der Waals surface area contributed by atoms with Crippen molar-refractivity contribution >= 4 is 5.91 Å². The summed E-state index contributed by atoms with van der Waals surface area (Å²) in [4.78, 5) is 11.9. The zero-order chi connectivity index (χ0) is 13.7. The van der Waals surface area contributed by atoms with E-state index in [1.54, 1.807) is 6.20 Å². The Bertz CT molecular complexity index is 404. The molecular weight excluding hydrogens is 240 g/mol. The molecule has 2 atom stereocenters. The fourth-order valence-corrected chi connectivity index (χ4v) is 3.18. The highest BCUT2D eigenvalue weighted by molar-refractivity contribution is 5.85. The number of amides is 1. The van der Waals surface area contributed by atoms with Crippen molar-refractivity contribution in [3.63, 3.8) is 0 Å². The molecule has 0 saturated heterocycles. The van der Waals surface area contributed by atoms with Crippen molar-refractivity contribution in [2.75, 3.05) is 6.54 Å². The molecule has 5 heteroatoms. The van der Waals surface area contributed by atoms with Gasteiger partial charge in [-0.15, -0.1) is 0 Å². The molecule has 106 valence electrons. The fourth-order valence-electron chi connectivity index (χ4n) is 3.18. The molecule has 1 aliphatic carbocycles. The maximum absolute atomic E-state index is 11.9. The molecule has 1 aromatic rings. The SMILES string of the molecule is CCCNC1(C(N)=O)CCCC1CCn1cccn1. The summed E-state index contributed by atoms with van der Waals surface area (Å²) >= 11 is 0. The first-order chi connectivity index (χ1) is 9.19. The molecule has 1 heterocycles. The van der Waals surface area contributed by atoms with Crippen LogP contribution in [0.3, 0.4) is 0 Å². The second-order valence-electron chi connectivity index (χ2n) is 5.41. The lowest BCUT2D eigenvalue weighted by Crippen LogP contribution is -2.58. The summed E-state index contributed by atoms with van der Waals surface area (Å²) in [6, 6.07) is 1.92. The molecule has 19 heavy (non-hydrogen) atoms. The van der Waals surface area contributed by atoms with Crippen LogP contribution in [0.5, 0.6) is 0 Å². The molecule has 0 aromatic carbocycles. The molecule has 1 saturated carbocycles. The topological polar surface area (TPSA) is 72.9 Å². The van der Waals surface area contributed by atoms with E-state index < -0.39 is 5.54 Å². The Labute approximate surface area is 114 Å². The van der Waals surface area contributed by atoms with Crippen LogP contribution in [0.25, 0.3) is 0 Å². The van der Waals surface area contributed by atoms with Crippen molar-refractivity contribution in [1.29, 1.82) is 0 Å². The predicted molar refractivity (Wildman–Crippen MR) is 74.4 cm³/mol. The minimum absolute atomic E-state index is 0.191. The van der Waals surface area contributed by atoms with Crippen molar-refractivity contribution in [2.45, 2.75) is 51.1 Å². The predicted octanol–water partition coefficient (Wildman–Crippen LogP) is 1.30. The third kappa shape index (κ3) is 2.97. The minimum atomic E-state index is -0.497. The lowest BCUT2D eigenvalue weighted by Gasteiger charge is -2.33. The number of nitrogens with zero attached hydrogens (tertiary/aromatic N) is 2. The standard InChI is InChI=1S/C14H24N4O/c1-2-8-16-14(13(15)19)7-3-5-12(14)6-11-18-10-4-9-17-18/h4,9-10,12,16H,2-3,5-8,11H2,1H3,(H2,15,19). The van der Waals surface area contributed by atoms with Crippen LogP contribution in [0.1, 0.15) is 39.0 Å². The average Bonchev–Trinajstić information content (AvgIpc) is 3.03. The molecule has 0 radical (unpaired) electrons. The zero-order valence-corrected chi connectivity index (χ0v) is 11.6. The molecule has 1 fully saturated rings. The number of aromatic nitrogens is 2. The van der Waals surface area contributed by atoms with Crippen molar-refractivity contribution in [2.24, 2.45) is 11.7 Å². The Morgan fingerprint density at radius 1 is 1.63 bits per heavy atom. The van der Waals surface area contributed by atoms with Gasteiger partial charge in [-0.05, 0) is 44.2 Å². The Morgan fingerprint density at radius 3 is 3.11 bits per heavy atom. The Kier molecular flexibility index (Phi) is 4.58. The Morgan fingerprint density at radius 2 is 2.47 bits per heavy atom. The van der Waals surface area contributed by atoms with E-state index in [0.29, 0.717) is 5.92 Å². The van der Waals surface area contributed by atoms with Gasteiger partial charge in [0.1, 0.15) is 5.54 Å². The highest BCUT2D eigenvalue weighted by Gasteiger charge is 2.46. The van der Waals surface area contributed by atoms with Gasteiger partial charge in [0.05, 0.1) is 0 Å². The Balaban J connectivity index is 2.02. The van der Waals surface area contributed by atoms with E-state index in [-0.39, 0.29) is 5.91 Å². The summed E-state index contributed by atoms with van der Waals surface area (Å²) in [5.41, 5.74) is 5.19. The van der Waals surface area contributed by atoms with Gasteiger partial charge < -0.3 is 11.1 Å². The van der Waals surface area contributed by atoms with E-state index in [9.17, 15) is 4.79 Å². The van der Waals surface area contributed by atoms with Crippen molar-refractivity contribution < 1.29 is 4.79 Å². The smallest absolute Gasteiger partial charge is 0.238 e. The molecule has 1 aliphatic rings. The van der Waals surface area contributed by atoms with E-state index in [1.807, 2.05) is 16.9 Å². The summed E-state index contributed by atoms with van der Waals surface area (Å²) in [6.45, 7) is 3.80. The molecular formula is C14H24N4O. The maximum atomic E-state index is 11.9. The number of carbonyl (C=O) groups excluding carboxylic acids is 1. The molecule has 1 amide bonds. The molecule has 2 unspecified atom stereocenters.